The van der Waals surface area contributed by atoms with Crippen LogP contribution >= 0.6 is 0 Å². The predicted octanol–water partition coefficient (Wildman–Crippen LogP) is 1.60. The Balaban J connectivity index is 2.17. The number of nitrogens with zero attached hydrogens (tertiary/aromatic N) is 4. The minimum atomic E-state index is -1.44. The molecule has 1 aliphatic rings. The zero-order valence-electron chi connectivity index (χ0n) is 15.3. The van der Waals surface area contributed by atoms with E-state index in [0.717, 1.165) is 5.56 Å². The standard InChI is InChI=1S/C18H20N8Si/c1-27(2,3)11-6-4-10(5-7-11)15-13-14(21)12(8-19)16(22)25-17(13)26-18(24-15)23-9-20/h4-7,15H,1-3H3,(H6,21,22,23,24,25,26). The second kappa shape index (κ2) is 6.63. The first kappa shape index (κ1) is 18.2. The number of nitrogen functional groups attached to an aromatic ring is 2. The highest BCUT2D eigenvalue weighted by molar-refractivity contribution is 6.88. The van der Waals surface area contributed by atoms with Gasteiger partial charge in [-0.25, -0.2) is 9.98 Å². The summed E-state index contributed by atoms with van der Waals surface area (Å²) in [5, 5.41) is 25.0. The van der Waals surface area contributed by atoms with Gasteiger partial charge in [-0.05, 0) is 5.56 Å². The molecule has 27 heavy (non-hydrogen) atoms. The summed E-state index contributed by atoms with van der Waals surface area (Å²) in [6, 6.07) is 9.70. The van der Waals surface area contributed by atoms with Crippen LogP contribution in [0.1, 0.15) is 22.7 Å². The Morgan fingerprint density at radius 2 is 1.81 bits per heavy atom. The van der Waals surface area contributed by atoms with Crippen molar-refractivity contribution in [2.24, 2.45) is 4.99 Å². The highest BCUT2D eigenvalue weighted by Gasteiger charge is 2.29. The fourth-order valence-electron chi connectivity index (χ4n) is 2.99. The molecule has 1 atom stereocenters. The van der Waals surface area contributed by atoms with Gasteiger partial charge in [0, 0.05) is 5.56 Å². The monoisotopic (exact) mass is 376 g/mol. The van der Waals surface area contributed by atoms with E-state index in [-0.39, 0.29) is 23.0 Å². The van der Waals surface area contributed by atoms with Gasteiger partial charge < -0.3 is 16.8 Å². The fourth-order valence-corrected chi connectivity index (χ4v) is 4.15. The first-order chi connectivity index (χ1) is 12.8. The number of guanidine groups is 1. The van der Waals surface area contributed by atoms with Crippen LogP contribution in [-0.2, 0) is 0 Å². The molecule has 1 unspecified atom stereocenters. The van der Waals surface area contributed by atoms with Gasteiger partial charge in [-0.15, -0.1) is 0 Å². The van der Waals surface area contributed by atoms with Gasteiger partial charge in [-0.1, -0.05) is 49.1 Å². The zero-order chi connectivity index (χ0) is 19.8. The summed E-state index contributed by atoms with van der Waals surface area (Å²) in [6.45, 7) is 6.83. The molecule has 0 fully saturated rings. The number of anilines is 3. The summed E-state index contributed by atoms with van der Waals surface area (Å²) < 4.78 is 0. The lowest BCUT2D eigenvalue weighted by Gasteiger charge is -2.26. The number of aliphatic imine (C=N–C) groups is 1. The molecule has 2 aromatic rings. The van der Waals surface area contributed by atoms with Gasteiger partial charge >= 0.3 is 0 Å². The highest BCUT2D eigenvalue weighted by Crippen LogP contribution is 2.40. The first-order valence-corrected chi connectivity index (χ1v) is 11.9. The van der Waals surface area contributed by atoms with Gasteiger partial charge in [-0.2, -0.15) is 10.5 Å². The SMILES string of the molecule is C[Si](C)(C)c1ccc(C2N=C(NC#N)Nc3nc(N)c(C#N)c(N)c32)cc1. The smallest absolute Gasteiger partial charge is 0.211 e. The summed E-state index contributed by atoms with van der Waals surface area (Å²) in [5.41, 5.74) is 13.9. The number of fused-ring (bicyclic) bond motifs is 1. The maximum atomic E-state index is 9.36. The summed E-state index contributed by atoms with van der Waals surface area (Å²) in [7, 11) is -1.44. The molecule has 0 bridgehead atoms. The third kappa shape index (κ3) is 3.28. The third-order valence-corrected chi connectivity index (χ3v) is 6.52. The molecule has 3 rings (SSSR count). The van der Waals surface area contributed by atoms with Crippen LogP contribution in [0.4, 0.5) is 17.3 Å². The number of nitrogens with two attached hydrogens (primary N) is 2. The Kier molecular flexibility index (Phi) is 4.48. The summed E-state index contributed by atoms with van der Waals surface area (Å²) in [5.74, 6) is 0.670. The summed E-state index contributed by atoms with van der Waals surface area (Å²) in [6.07, 6.45) is 1.84. The molecule has 0 saturated carbocycles. The minimum Gasteiger partial charge on any atom is -0.397 e. The van der Waals surface area contributed by atoms with Crippen LogP contribution < -0.4 is 27.3 Å². The average molecular weight is 377 g/mol. The topological polar surface area (TPSA) is 149 Å². The van der Waals surface area contributed by atoms with E-state index >= 15 is 0 Å². The van der Waals surface area contributed by atoms with E-state index in [9.17, 15) is 5.26 Å². The fraction of sp³-hybridized carbons (Fsp3) is 0.222. The maximum Gasteiger partial charge on any atom is 0.211 e. The molecule has 0 radical (unpaired) electrons. The largest absolute Gasteiger partial charge is 0.397 e. The number of nitrogens with one attached hydrogen (secondary N) is 2. The lowest BCUT2D eigenvalue weighted by atomic mass is 9.95. The highest BCUT2D eigenvalue weighted by atomic mass is 28.3. The van der Waals surface area contributed by atoms with Crippen LogP contribution in [0.25, 0.3) is 0 Å². The van der Waals surface area contributed by atoms with E-state index in [4.69, 9.17) is 16.7 Å². The van der Waals surface area contributed by atoms with Crippen LogP contribution in [0.15, 0.2) is 29.3 Å². The van der Waals surface area contributed by atoms with Gasteiger partial charge in [0.05, 0.1) is 13.8 Å². The molecule has 1 aromatic heterocycles. The molecular weight excluding hydrogens is 356 g/mol. The summed E-state index contributed by atoms with van der Waals surface area (Å²) >= 11 is 0. The molecule has 136 valence electrons. The Bertz CT molecular complexity index is 1010. The lowest BCUT2D eigenvalue weighted by molar-refractivity contribution is 0.847. The van der Waals surface area contributed by atoms with Crippen molar-refractivity contribution >= 4 is 36.5 Å². The quantitative estimate of drug-likeness (QED) is 0.353. The molecule has 0 saturated heterocycles. The number of aromatic nitrogens is 1. The number of hydrogen-bond donors (Lipinski definition) is 4. The second-order valence-corrected chi connectivity index (χ2v) is 12.4. The van der Waals surface area contributed by atoms with Crippen molar-refractivity contribution in [1.29, 1.82) is 10.5 Å². The molecule has 9 heteroatoms. The van der Waals surface area contributed by atoms with Gasteiger partial charge in [0.1, 0.15) is 29.3 Å². The number of nitriles is 2. The molecule has 1 aliphatic heterocycles. The molecule has 6 N–H and O–H groups in total. The van der Waals surface area contributed by atoms with E-state index in [1.165, 1.54) is 5.19 Å². The van der Waals surface area contributed by atoms with Crippen molar-refractivity contribution in [3.05, 3.63) is 41.0 Å². The third-order valence-electron chi connectivity index (χ3n) is 4.45. The maximum absolute atomic E-state index is 9.36. The number of rotatable bonds is 2. The molecule has 0 aliphatic carbocycles. The average Bonchev–Trinajstić information content (AvgIpc) is 2.61. The molecular formula is C18H20N8Si. The van der Waals surface area contributed by atoms with Crippen LogP contribution in [-0.4, -0.2) is 19.0 Å². The predicted molar refractivity (Wildman–Crippen MR) is 109 cm³/mol. The van der Waals surface area contributed by atoms with Gasteiger partial charge in [0.2, 0.25) is 5.96 Å². The first-order valence-electron chi connectivity index (χ1n) is 8.35. The molecule has 0 spiro atoms. The molecule has 2 heterocycles. The number of pyridine rings is 1. The zero-order valence-corrected chi connectivity index (χ0v) is 16.3. The normalized spacial score (nSPS) is 15.6. The molecule has 0 amide bonds. The Labute approximate surface area is 158 Å². The Hall–Kier alpha value is -3.56. The minimum absolute atomic E-state index is 0.0345. The van der Waals surface area contributed by atoms with Crippen molar-refractivity contribution in [2.45, 2.75) is 25.7 Å². The summed E-state index contributed by atoms with van der Waals surface area (Å²) in [4.78, 5) is 8.81. The van der Waals surface area contributed by atoms with Crippen molar-refractivity contribution in [3.63, 3.8) is 0 Å². The van der Waals surface area contributed by atoms with Crippen LogP contribution in [0.3, 0.4) is 0 Å². The molecule has 1 aromatic carbocycles. The van der Waals surface area contributed by atoms with E-state index in [0.29, 0.717) is 11.4 Å². The van der Waals surface area contributed by atoms with Crippen molar-refractivity contribution in [2.75, 3.05) is 16.8 Å². The van der Waals surface area contributed by atoms with Crippen molar-refractivity contribution < 1.29 is 0 Å². The van der Waals surface area contributed by atoms with Crippen molar-refractivity contribution in [1.82, 2.24) is 10.3 Å². The van der Waals surface area contributed by atoms with E-state index < -0.39 is 14.1 Å². The second-order valence-electron chi connectivity index (χ2n) is 7.27. The van der Waals surface area contributed by atoms with Gasteiger partial charge in [0.15, 0.2) is 6.19 Å². The number of hydrogen-bond acceptors (Lipinski definition) is 8. The molecule has 8 nitrogen and oxygen atoms in total. The van der Waals surface area contributed by atoms with Crippen molar-refractivity contribution in [3.8, 4) is 12.3 Å². The Morgan fingerprint density at radius 3 is 2.37 bits per heavy atom. The van der Waals surface area contributed by atoms with E-state index in [2.05, 4.69) is 52.4 Å². The van der Waals surface area contributed by atoms with Crippen LogP contribution in [0.2, 0.25) is 19.6 Å². The lowest BCUT2D eigenvalue weighted by Crippen LogP contribution is -2.37. The van der Waals surface area contributed by atoms with Gasteiger partial charge in [0.25, 0.3) is 0 Å². The van der Waals surface area contributed by atoms with Crippen LogP contribution in [0.5, 0.6) is 0 Å². The van der Waals surface area contributed by atoms with Crippen LogP contribution in [0, 0.1) is 22.8 Å². The Morgan fingerprint density at radius 1 is 1.15 bits per heavy atom. The number of benzene rings is 1. The van der Waals surface area contributed by atoms with E-state index in [1.54, 1.807) is 0 Å². The van der Waals surface area contributed by atoms with E-state index in [1.807, 2.05) is 24.4 Å². The van der Waals surface area contributed by atoms with Gasteiger partial charge in [-0.3, -0.25) is 5.32 Å².